The third-order valence-corrected chi connectivity index (χ3v) is 4.51. The molecule has 1 N–H and O–H groups in total. The molecular weight excluding hydrogens is 290 g/mol. The first-order valence-electron chi connectivity index (χ1n) is 8.03. The molecule has 23 heavy (non-hydrogen) atoms. The molecule has 1 fully saturated rings. The Balaban J connectivity index is 1.58. The Kier molecular flexibility index (Phi) is 3.57. The minimum Gasteiger partial charge on any atom is -0.345 e. The lowest BCUT2D eigenvalue weighted by Gasteiger charge is -2.35. The van der Waals surface area contributed by atoms with Crippen molar-refractivity contribution in [3.8, 4) is 0 Å². The van der Waals surface area contributed by atoms with Crippen LogP contribution in [-0.4, -0.2) is 43.1 Å². The van der Waals surface area contributed by atoms with E-state index in [0.717, 1.165) is 43.4 Å². The summed E-state index contributed by atoms with van der Waals surface area (Å²) < 4.78 is 1.91. The smallest absolute Gasteiger partial charge is 0.254 e. The number of hydrogen-bond donors (Lipinski definition) is 1. The van der Waals surface area contributed by atoms with Gasteiger partial charge in [-0.3, -0.25) is 9.48 Å². The van der Waals surface area contributed by atoms with Crippen LogP contribution in [0.4, 0.5) is 0 Å². The monoisotopic (exact) mass is 309 g/mol. The average Bonchev–Trinajstić information content (AvgIpc) is 3.25. The van der Waals surface area contributed by atoms with Crippen LogP contribution in [0.2, 0.25) is 0 Å². The number of carbonyl (C=O) groups excluding carboxylic acids is 1. The molecule has 1 amide bonds. The van der Waals surface area contributed by atoms with E-state index in [2.05, 4.69) is 15.1 Å². The summed E-state index contributed by atoms with van der Waals surface area (Å²) in [5.41, 5.74) is 2.50. The molecule has 1 aromatic carbocycles. The number of H-pyrrole nitrogens is 1. The number of aromatic amines is 1. The second kappa shape index (κ2) is 5.87. The van der Waals surface area contributed by atoms with Crippen LogP contribution in [0.3, 0.4) is 0 Å². The van der Waals surface area contributed by atoms with E-state index in [1.54, 1.807) is 12.5 Å². The molecule has 0 bridgehead atoms. The van der Waals surface area contributed by atoms with Gasteiger partial charge in [0, 0.05) is 24.5 Å². The van der Waals surface area contributed by atoms with Gasteiger partial charge in [0.2, 0.25) is 0 Å². The van der Waals surface area contributed by atoms with Gasteiger partial charge in [-0.15, -0.1) is 0 Å². The van der Waals surface area contributed by atoms with Gasteiger partial charge >= 0.3 is 0 Å². The standard InChI is InChI=1S/C17H19N5O/c23-17(13-5-6-15-16(10-13)19-12-18-15)22-9-2-1-4-14(22)11-21-8-3-7-20-21/h3,5-8,10,12,14H,1-2,4,9,11H2,(H,18,19). The van der Waals surface area contributed by atoms with Crippen LogP contribution in [0, 0.1) is 0 Å². The van der Waals surface area contributed by atoms with Gasteiger partial charge in [-0.2, -0.15) is 5.10 Å². The lowest BCUT2D eigenvalue weighted by molar-refractivity contribution is 0.0584. The first kappa shape index (κ1) is 14.0. The molecule has 3 aromatic rings. The molecule has 1 saturated heterocycles. The van der Waals surface area contributed by atoms with E-state index in [9.17, 15) is 4.79 Å². The highest BCUT2D eigenvalue weighted by Crippen LogP contribution is 2.22. The Morgan fingerprint density at radius 1 is 1.35 bits per heavy atom. The Morgan fingerprint density at radius 2 is 2.30 bits per heavy atom. The highest BCUT2D eigenvalue weighted by molar-refractivity contribution is 5.97. The Morgan fingerprint density at radius 3 is 3.17 bits per heavy atom. The number of likely N-dealkylation sites (tertiary alicyclic amines) is 1. The fourth-order valence-electron chi connectivity index (χ4n) is 3.32. The quantitative estimate of drug-likeness (QED) is 0.808. The van der Waals surface area contributed by atoms with Crippen molar-refractivity contribution in [2.24, 2.45) is 0 Å². The molecule has 2 aromatic heterocycles. The zero-order valence-electron chi connectivity index (χ0n) is 12.9. The number of carbonyl (C=O) groups is 1. The maximum absolute atomic E-state index is 13.0. The fraction of sp³-hybridized carbons (Fsp3) is 0.353. The van der Waals surface area contributed by atoms with Crippen molar-refractivity contribution >= 4 is 16.9 Å². The fourth-order valence-corrected chi connectivity index (χ4v) is 3.32. The van der Waals surface area contributed by atoms with Crippen molar-refractivity contribution in [1.82, 2.24) is 24.6 Å². The molecule has 0 saturated carbocycles. The van der Waals surface area contributed by atoms with Crippen LogP contribution < -0.4 is 0 Å². The number of imidazole rings is 1. The third kappa shape index (κ3) is 2.72. The number of aromatic nitrogens is 4. The first-order valence-corrected chi connectivity index (χ1v) is 8.03. The molecule has 4 rings (SSSR count). The van der Waals surface area contributed by atoms with Gasteiger partial charge < -0.3 is 9.88 Å². The van der Waals surface area contributed by atoms with Crippen LogP contribution in [0.1, 0.15) is 29.6 Å². The van der Waals surface area contributed by atoms with Crippen molar-refractivity contribution in [1.29, 1.82) is 0 Å². The number of benzene rings is 1. The Labute approximate surface area is 134 Å². The highest BCUT2D eigenvalue weighted by atomic mass is 16.2. The van der Waals surface area contributed by atoms with Gasteiger partial charge in [0.05, 0.1) is 29.9 Å². The lowest BCUT2D eigenvalue weighted by atomic mass is 10.0. The number of piperidine rings is 1. The summed E-state index contributed by atoms with van der Waals surface area (Å²) >= 11 is 0. The molecule has 118 valence electrons. The molecular formula is C17H19N5O. The number of nitrogens with one attached hydrogen (secondary N) is 1. The summed E-state index contributed by atoms with van der Waals surface area (Å²) in [5.74, 6) is 0.0957. The van der Waals surface area contributed by atoms with E-state index in [1.807, 2.05) is 40.0 Å². The normalized spacial score (nSPS) is 18.4. The van der Waals surface area contributed by atoms with Crippen LogP contribution in [0.25, 0.3) is 11.0 Å². The van der Waals surface area contributed by atoms with E-state index in [-0.39, 0.29) is 11.9 Å². The number of fused-ring (bicyclic) bond motifs is 1. The van der Waals surface area contributed by atoms with Crippen LogP contribution >= 0.6 is 0 Å². The molecule has 1 aliphatic heterocycles. The average molecular weight is 309 g/mol. The zero-order valence-corrected chi connectivity index (χ0v) is 12.9. The van der Waals surface area contributed by atoms with E-state index in [0.29, 0.717) is 5.56 Å². The second-order valence-electron chi connectivity index (χ2n) is 6.01. The molecule has 1 aliphatic rings. The summed E-state index contributed by atoms with van der Waals surface area (Å²) in [6.07, 6.45) is 8.64. The molecule has 0 aliphatic carbocycles. The molecule has 1 unspecified atom stereocenters. The van der Waals surface area contributed by atoms with Gasteiger partial charge in [-0.05, 0) is 43.5 Å². The van der Waals surface area contributed by atoms with Crippen LogP contribution in [0.5, 0.6) is 0 Å². The Hall–Kier alpha value is -2.63. The summed E-state index contributed by atoms with van der Waals surface area (Å²) in [6, 6.07) is 7.77. The molecule has 0 radical (unpaired) electrons. The maximum Gasteiger partial charge on any atom is 0.254 e. The SMILES string of the molecule is O=C(c1ccc2nc[nH]c2c1)N1CCCCC1Cn1cccn1. The highest BCUT2D eigenvalue weighted by Gasteiger charge is 2.28. The summed E-state index contributed by atoms with van der Waals surface area (Å²) in [7, 11) is 0. The van der Waals surface area contributed by atoms with E-state index >= 15 is 0 Å². The van der Waals surface area contributed by atoms with Crippen molar-refractivity contribution < 1.29 is 4.79 Å². The van der Waals surface area contributed by atoms with Gasteiger partial charge in [0.1, 0.15) is 0 Å². The second-order valence-corrected chi connectivity index (χ2v) is 6.01. The van der Waals surface area contributed by atoms with Crippen LogP contribution in [0.15, 0.2) is 43.0 Å². The summed E-state index contributed by atoms with van der Waals surface area (Å²) in [4.78, 5) is 22.2. The topological polar surface area (TPSA) is 66.8 Å². The molecule has 3 heterocycles. The van der Waals surface area contributed by atoms with Gasteiger partial charge in [-0.1, -0.05) is 0 Å². The van der Waals surface area contributed by atoms with Crippen molar-refractivity contribution in [3.63, 3.8) is 0 Å². The minimum atomic E-state index is 0.0957. The first-order chi connectivity index (χ1) is 11.3. The predicted molar refractivity (Wildman–Crippen MR) is 87.0 cm³/mol. The minimum absolute atomic E-state index is 0.0957. The number of amides is 1. The maximum atomic E-state index is 13.0. The third-order valence-electron chi connectivity index (χ3n) is 4.51. The van der Waals surface area contributed by atoms with Crippen molar-refractivity contribution in [2.75, 3.05) is 6.54 Å². The van der Waals surface area contributed by atoms with E-state index < -0.39 is 0 Å². The summed E-state index contributed by atoms with van der Waals surface area (Å²) in [6.45, 7) is 1.57. The molecule has 6 heteroatoms. The largest absolute Gasteiger partial charge is 0.345 e. The van der Waals surface area contributed by atoms with E-state index in [4.69, 9.17) is 0 Å². The number of rotatable bonds is 3. The number of hydrogen-bond acceptors (Lipinski definition) is 3. The summed E-state index contributed by atoms with van der Waals surface area (Å²) in [5, 5.41) is 4.28. The zero-order chi connectivity index (χ0) is 15.6. The number of nitrogens with zero attached hydrogens (tertiary/aromatic N) is 4. The molecule has 6 nitrogen and oxygen atoms in total. The van der Waals surface area contributed by atoms with E-state index in [1.165, 1.54) is 0 Å². The van der Waals surface area contributed by atoms with Crippen molar-refractivity contribution in [2.45, 2.75) is 31.8 Å². The molecule has 0 spiro atoms. The molecule has 1 atom stereocenters. The predicted octanol–water partition coefficient (Wildman–Crippen LogP) is 2.45. The Bertz CT molecular complexity index is 807. The van der Waals surface area contributed by atoms with Gasteiger partial charge in [0.25, 0.3) is 5.91 Å². The van der Waals surface area contributed by atoms with Crippen LogP contribution in [-0.2, 0) is 6.54 Å². The lowest BCUT2D eigenvalue weighted by Crippen LogP contribution is -2.45. The van der Waals surface area contributed by atoms with Gasteiger partial charge in [-0.25, -0.2) is 4.98 Å². The van der Waals surface area contributed by atoms with Gasteiger partial charge in [0.15, 0.2) is 0 Å². The van der Waals surface area contributed by atoms with Crippen molar-refractivity contribution in [3.05, 3.63) is 48.5 Å².